The van der Waals surface area contributed by atoms with Crippen LogP contribution in [0.3, 0.4) is 0 Å². The van der Waals surface area contributed by atoms with Crippen molar-refractivity contribution < 1.29 is 0 Å². The van der Waals surface area contributed by atoms with E-state index in [2.05, 4.69) is 30.3 Å². The Balaban J connectivity index is 1.95. The molecule has 0 radical (unpaired) electrons. The van der Waals surface area contributed by atoms with Gasteiger partial charge in [0.15, 0.2) is 0 Å². The number of benzene rings is 1. The van der Waals surface area contributed by atoms with Gasteiger partial charge in [0.1, 0.15) is 0 Å². The van der Waals surface area contributed by atoms with Crippen LogP contribution in [0.25, 0.3) is 0 Å². The molecule has 2 N–H and O–H groups in total. The van der Waals surface area contributed by atoms with E-state index in [-0.39, 0.29) is 5.54 Å². The van der Waals surface area contributed by atoms with Crippen molar-refractivity contribution in [1.29, 1.82) is 0 Å². The van der Waals surface area contributed by atoms with Crippen LogP contribution in [0.2, 0.25) is 0 Å². The van der Waals surface area contributed by atoms with Crippen molar-refractivity contribution in [1.82, 2.24) is 0 Å². The summed E-state index contributed by atoms with van der Waals surface area (Å²) < 4.78 is 0. The second-order valence-corrected chi connectivity index (χ2v) is 4.44. The summed E-state index contributed by atoms with van der Waals surface area (Å²) in [5.41, 5.74) is 7.82. The summed E-state index contributed by atoms with van der Waals surface area (Å²) >= 11 is 0. The standard InChI is InChI=1S/C12H15N/c13-12(9-5-2-1-3-6-9)10-7-4-8-11(10)12/h1-3,5-6,10-11H,4,7-8,13H2. The molecular weight excluding hydrogens is 158 g/mol. The highest BCUT2D eigenvalue weighted by Crippen LogP contribution is 2.64. The van der Waals surface area contributed by atoms with Gasteiger partial charge in [0, 0.05) is 5.54 Å². The Morgan fingerprint density at radius 1 is 1.08 bits per heavy atom. The first-order valence-corrected chi connectivity index (χ1v) is 5.18. The van der Waals surface area contributed by atoms with E-state index in [1.54, 1.807) is 0 Å². The summed E-state index contributed by atoms with van der Waals surface area (Å²) in [6.07, 6.45) is 4.08. The summed E-state index contributed by atoms with van der Waals surface area (Å²) in [5, 5.41) is 0. The minimum atomic E-state index is 0.0551. The van der Waals surface area contributed by atoms with Gasteiger partial charge in [-0.1, -0.05) is 36.8 Å². The second-order valence-electron chi connectivity index (χ2n) is 4.44. The highest BCUT2D eigenvalue weighted by Gasteiger charge is 2.64. The SMILES string of the molecule is NC1(c2ccccc2)C2CCCC21. The average Bonchev–Trinajstić information content (AvgIpc) is 2.62. The molecule has 3 rings (SSSR count). The fourth-order valence-corrected chi connectivity index (χ4v) is 3.16. The highest BCUT2D eigenvalue weighted by molar-refractivity contribution is 5.35. The topological polar surface area (TPSA) is 26.0 Å². The molecule has 0 aromatic heterocycles. The third-order valence-electron chi connectivity index (χ3n) is 3.91. The monoisotopic (exact) mass is 173 g/mol. The van der Waals surface area contributed by atoms with Gasteiger partial charge < -0.3 is 5.73 Å². The maximum atomic E-state index is 6.42. The van der Waals surface area contributed by atoms with Crippen molar-refractivity contribution >= 4 is 0 Å². The molecule has 68 valence electrons. The Labute approximate surface area is 78.9 Å². The van der Waals surface area contributed by atoms with Gasteiger partial charge in [-0.2, -0.15) is 0 Å². The fraction of sp³-hybridized carbons (Fsp3) is 0.500. The van der Waals surface area contributed by atoms with Crippen molar-refractivity contribution in [2.24, 2.45) is 17.6 Å². The van der Waals surface area contributed by atoms with Gasteiger partial charge in [0.25, 0.3) is 0 Å². The van der Waals surface area contributed by atoms with Gasteiger partial charge in [0.05, 0.1) is 0 Å². The summed E-state index contributed by atoms with van der Waals surface area (Å²) in [6.45, 7) is 0. The van der Waals surface area contributed by atoms with Crippen molar-refractivity contribution in [3.05, 3.63) is 35.9 Å². The average molecular weight is 173 g/mol. The lowest BCUT2D eigenvalue weighted by atomic mass is 9.97. The van der Waals surface area contributed by atoms with E-state index >= 15 is 0 Å². The van der Waals surface area contributed by atoms with Gasteiger partial charge >= 0.3 is 0 Å². The zero-order chi connectivity index (χ0) is 8.89. The number of fused-ring (bicyclic) bond motifs is 1. The number of hydrogen-bond acceptors (Lipinski definition) is 1. The number of rotatable bonds is 1. The van der Waals surface area contributed by atoms with E-state index in [1.165, 1.54) is 24.8 Å². The Kier molecular flexibility index (Phi) is 1.37. The van der Waals surface area contributed by atoms with E-state index < -0.39 is 0 Å². The van der Waals surface area contributed by atoms with E-state index in [0.29, 0.717) is 0 Å². The van der Waals surface area contributed by atoms with Crippen LogP contribution in [0.15, 0.2) is 30.3 Å². The molecule has 2 saturated carbocycles. The maximum Gasteiger partial charge on any atom is 0.0473 e. The molecule has 2 aliphatic carbocycles. The number of hydrogen-bond donors (Lipinski definition) is 1. The molecule has 2 fully saturated rings. The van der Waals surface area contributed by atoms with E-state index in [1.807, 2.05) is 0 Å². The van der Waals surface area contributed by atoms with Crippen LogP contribution >= 0.6 is 0 Å². The molecule has 1 heteroatoms. The minimum Gasteiger partial charge on any atom is -0.321 e. The summed E-state index contributed by atoms with van der Waals surface area (Å²) in [6, 6.07) is 10.6. The Hall–Kier alpha value is -0.820. The van der Waals surface area contributed by atoms with Crippen LogP contribution in [-0.2, 0) is 5.54 Å². The molecular formula is C12H15N. The van der Waals surface area contributed by atoms with E-state index in [0.717, 1.165) is 11.8 Å². The lowest BCUT2D eigenvalue weighted by Gasteiger charge is -2.15. The van der Waals surface area contributed by atoms with Crippen molar-refractivity contribution in [2.45, 2.75) is 24.8 Å². The molecule has 0 amide bonds. The third kappa shape index (κ3) is 0.856. The van der Waals surface area contributed by atoms with Gasteiger partial charge in [-0.05, 0) is 30.2 Å². The quantitative estimate of drug-likeness (QED) is 0.692. The first-order chi connectivity index (χ1) is 6.33. The largest absolute Gasteiger partial charge is 0.321 e. The molecule has 1 aromatic carbocycles. The molecule has 0 aliphatic heterocycles. The summed E-state index contributed by atoms with van der Waals surface area (Å²) in [7, 11) is 0. The molecule has 1 nitrogen and oxygen atoms in total. The van der Waals surface area contributed by atoms with Crippen molar-refractivity contribution in [2.75, 3.05) is 0 Å². The van der Waals surface area contributed by atoms with E-state index in [9.17, 15) is 0 Å². The van der Waals surface area contributed by atoms with Crippen molar-refractivity contribution in [3.8, 4) is 0 Å². The lowest BCUT2D eigenvalue weighted by Crippen LogP contribution is -2.25. The predicted octanol–water partition coefficient (Wildman–Crippen LogP) is 2.27. The Morgan fingerprint density at radius 2 is 1.69 bits per heavy atom. The van der Waals surface area contributed by atoms with Gasteiger partial charge in [-0.15, -0.1) is 0 Å². The fourth-order valence-electron chi connectivity index (χ4n) is 3.16. The first kappa shape index (κ1) is 7.57. The molecule has 2 aliphatic rings. The van der Waals surface area contributed by atoms with Crippen LogP contribution in [-0.4, -0.2) is 0 Å². The highest BCUT2D eigenvalue weighted by atomic mass is 14.9. The smallest absolute Gasteiger partial charge is 0.0473 e. The summed E-state index contributed by atoms with van der Waals surface area (Å²) in [4.78, 5) is 0. The third-order valence-corrected chi connectivity index (χ3v) is 3.91. The molecule has 13 heavy (non-hydrogen) atoms. The van der Waals surface area contributed by atoms with Crippen molar-refractivity contribution in [3.63, 3.8) is 0 Å². The normalized spacial score (nSPS) is 41.6. The number of nitrogens with two attached hydrogens (primary N) is 1. The molecule has 0 saturated heterocycles. The Bertz CT molecular complexity index is 307. The van der Waals surface area contributed by atoms with Gasteiger partial charge in [-0.25, -0.2) is 0 Å². The molecule has 0 bridgehead atoms. The molecule has 0 spiro atoms. The molecule has 2 atom stereocenters. The lowest BCUT2D eigenvalue weighted by molar-refractivity contribution is 0.527. The van der Waals surface area contributed by atoms with Crippen LogP contribution < -0.4 is 5.73 Å². The van der Waals surface area contributed by atoms with Crippen LogP contribution in [0.4, 0.5) is 0 Å². The summed E-state index contributed by atoms with van der Waals surface area (Å²) in [5.74, 6) is 1.57. The zero-order valence-corrected chi connectivity index (χ0v) is 7.74. The van der Waals surface area contributed by atoms with Gasteiger partial charge in [-0.3, -0.25) is 0 Å². The van der Waals surface area contributed by atoms with Crippen LogP contribution in [0.1, 0.15) is 24.8 Å². The Morgan fingerprint density at radius 3 is 2.31 bits per heavy atom. The predicted molar refractivity (Wildman–Crippen MR) is 53.1 cm³/mol. The molecule has 1 aromatic rings. The zero-order valence-electron chi connectivity index (χ0n) is 7.74. The van der Waals surface area contributed by atoms with E-state index in [4.69, 9.17) is 5.73 Å². The first-order valence-electron chi connectivity index (χ1n) is 5.18. The minimum absolute atomic E-state index is 0.0551. The van der Waals surface area contributed by atoms with Crippen LogP contribution in [0.5, 0.6) is 0 Å². The maximum absolute atomic E-state index is 6.42. The van der Waals surface area contributed by atoms with Gasteiger partial charge in [0.2, 0.25) is 0 Å². The second kappa shape index (κ2) is 2.36. The van der Waals surface area contributed by atoms with Crippen LogP contribution in [0, 0.1) is 11.8 Å². The molecule has 0 heterocycles. The molecule has 2 unspecified atom stereocenters.